The number of nitrogens with zero attached hydrogens (tertiary/aromatic N) is 4. The number of carbonyl (C=O) groups is 1. The number of hydrogen-bond donors (Lipinski definition) is 4. The molecule has 0 bridgehead atoms. The molecule has 2 aromatic heterocycles. The number of nitrogens with one attached hydrogen (secondary N) is 2. The van der Waals surface area contributed by atoms with Gasteiger partial charge in [0.2, 0.25) is 5.95 Å². The van der Waals surface area contributed by atoms with Gasteiger partial charge in [0.1, 0.15) is 24.4 Å². The highest BCUT2D eigenvalue weighted by Crippen LogP contribution is 2.42. The Morgan fingerprint density at radius 3 is 2.69 bits per heavy atom. The zero-order valence-electron chi connectivity index (χ0n) is 20.5. The fourth-order valence-electron chi connectivity index (χ4n) is 3.54. The van der Waals surface area contributed by atoms with Gasteiger partial charge in [-0.1, -0.05) is 5.09 Å². The SMILES string of the molecule is CC(C)Nc1nc(N)nc2c1ncn2[C@@H]1O[C@](CCl)(CO[P+](=O)N[C@@H](C)C(=O)OC(C)C)[C@@H](O)[C@H]1F. The van der Waals surface area contributed by atoms with Gasteiger partial charge in [0.15, 0.2) is 29.4 Å². The molecule has 0 spiro atoms. The number of nitrogen functional groups attached to an aromatic ring is 1. The second-order valence-corrected chi connectivity index (χ2v) is 10.3. The quantitative estimate of drug-likeness (QED) is 0.182. The highest BCUT2D eigenvalue weighted by atomic mass is 35.5. The van der Waals surface area contributed by atoms with Crippen LogP contribution in [-0.2, 0) is 23.4 Å². The van der Waals surface area contributed by atoms with Crippen LogP contribution < -0.4 is 16.1 Å². The van der Waals surface area contributed by atoms with Gasteiger partial charge >= 0.3 is 14.1 Å². The van der Waals surface area contributed by atoms with Gasteiger partial charge in [0, 0.05) is 6.04 Å². The molecule has 0 amide bonds. The van der Waals surface area contributed by atoms with Crippen molar-refractivity contribution in [1.82, 2.24) is 24.6 Å². The van der Waals surface area contributed by atoms with E-state index in [1.165, 1.54) is 17.8 Å². The number of carbonyl (C=O) groups excluding carboxylic acids is 1. The van der Waals surface area contributed by atoms with Gasteiger partial charge in [0.25, 0.3) is 0 Å². The molecule has 3 rings (SSSR count). The molecule has 1 saturated heterocycles. The number of halogens is 2. The van der Waals surface area contributed by atoms with Crippen LogP contribution in [0.2, 0.25) is 0 Å². The van der Waals surface area contributed by atoms with Crippen LogP contribution in [0.25, 0.3) is 11.2 Å². The van der Waals surface area contributed by atoms with Crippen LogP contribution in [-0.4, -0.2) is 79.1 Å². The van der Waals surface area contributed by atoms with Crippen LogP contribution in [0.15, 0.2) is 6.33 Å². The number of anilines is 2. The summed E-state index contributed by atoms with van der Waals surface area (Å²) in [6, 6.07) is -0.923. The zero-order chi connectivity index (χ0) is 26.8. The van der Waals surface area contributed by atoms with Crippen LogP contribution in [0.1, 0.15) is 40.8 Å². The fraction of sp³-hybridized carbons (Fsp3) is 0.700. The summed E-state index contributed by atoms with van der Waals surface area (Å²) < 4.78 is 45.2. The van der Waals surface area contributed by atoms with Gasteiger partial charge < -0.3 is 25.6 Å². The Labute approximate surface area is 213 Å². The molecule has 1 fully saturated rings. The first kappa shape index (κ1) is 28.4. The third-order valence-corrected chi connectivity index (χ3v) is 6.68. The number of rotatable bonds is 11. The molecule has 1 aliphatic rings. The lowest BCUT2D eigenvalue weighted by molar-refractivity contribution is -0.149. The first-order valence-corrected chi connectivity index (χ1v) is 13.0. The van der Waals surface area contributed by atoms with E-state index in [1.807, 2.05) is 13.8 Å². The second-order valence-electron chi connectivity index (χ2n) is 9.02. The van der Waals surface area contributed by atoms with E-state index in [0.29, 0.717) is 11.3 Å². The Bertz CT molecular complexity index is 1110. The Morgan fingerprint density at radius 1 is 1.39 bits per heavy atom. The van der Waals surface area contributed by atoms with Crippen LogP contribution in [0.4, 0.5) is 16.2 Å². The molecule has 0 aromatic carbocycles. The van der Waals surface area contributed by atoms with Crippen molar-refractivity contribution in [1.29, 1.82) is 0 Å². The maximum atomic E-state index is 15.4. The molecule has 13 nitrogen and oxygen atoms in total. The molecular formula is C20H31ClFN7O6P+. The number of hydrogen-bond acceptors (Lipinski definition) is 11. The summed E-state index contributed by atoms with van der Waals surface area (Å²) in [7, 11) is -2.61. The average Bonchev–Trinajstić information content (AvgIpc) is 3.31. The van der Waals surface area contributed by atoms with E-state index in [-0.39, 0.29) is 29.6 Å². The highest BCUT2D eigenvalue weighted by Gasteiger charge is 2.57. The smallest absolute Gasteiger partial charge is 0.462 e. The molecule has 3 heterocycles. The van der Waals surface area contributed by atoms with Gasteiger partial charge in [0.05, 0.1) is 18.3 Å². The minimum atomic E-state index is -2.61. The predicted octanol–water partition coefficient (Wildman–Crippen LogP) is 2.04. The van der Waals surface area contributed by atoms with Crippen molar-refractivity contribution >= 4 is 48.7 Å². The minimum Gasteiger partial charge on any atom is -0.462 e. The fourth-order valence-corrected chi connectivity index (χ4v) is 4.67. The summed E-state index contributed by atoms with van der Waals surface area (Å²) in [5.41, 5.74) is 4.59. The van der Waals surface area contributed by atoms with E-state index in [2.05, 4.69) is 25.4 Å². The zero-order valence-corrected chi connectivity index (χ0v) is 22.2. The third kappa shape index (κ3) is 6.01. The summed E-state index contributed by atoms with van der Waals surface area (Å²) in [5.74, 6) is -0.713. The van der Waals surface area contributed by atoms with Crippen molar-refractivity contribution < 1.29 is 32.9 Å². The Kier molecular flexibility index (Phi) is 9.02. The topological polar surface area (TPSA) is 176 Å². The number of ether oxygens (including phenoxy) is 2. The van der Waals surface area contributed by atoms with Crippen molar-refractivity contribution in [2.24, 2.45) is 0 Å². The molecule has 1 aliphatic heterocycles. The molecule has 0 radical (unpaired) electrons. The molecule has 0 aliphatic carbocycles. The monoisotopic (exact) mass is 550 g/mol. The molecule has 2 aromatic rings. The molecule has 16 heteroatoms. The highest BCUT2D eigenvalue weighted by molar-refractivity contribution is 7.36. The molecule has 36 heavy (non-hydrogen) atoms. The molecular weight excluding hydrogens is 520 g/mol. The van der Waals surface area contributed by atoms with Gasteiger partial charge in [-0.2, -0.15) is 9.97 Å². The number of imidazole rings is 1. The molecule has 6 atom stereocenters. The number of alkyl halides is 2. The van der Waals surface area contributed by atoms with Crippen LogP contribution in [0.5, 0.6) is 0 Å². The second kappa shape index (κ2) is 11.4. The van der Waals surface area contributed by atoms with Crippen molar-refractivity contribution in [3.8, 4) is 0 Å². The standard InChI is InChI=1S/C20H31ClFN7O6P/c1-9(2)25-15-13-16(27-19(23)26-15)29(8-24-13)17-12(22)14(30)20(6-21,35-17)7-33-36(32)28-11(5)18(31)34-10(3)4/h8-12,14,17,30H,6-7H2,1-5H3,(H,28,32)(H3,23,25,26,27)/q+1/t11-,12+,14-,17+,20+/m0/s1. The lowest BCUT2D eigenvalue weighted by atomic mass is 9.99. The van der Waals surface area contributed by atoms with Gasteiger partial charge in [-0.05, 0) is 39.2 Å². The molecule has 200 valence electrons. The number of aliphatic hydroxyl groups excluding tert-OH is 1. The maximum absolute atomic E-state index is 15.4. The number of aliphatic hydroxyl groups is 1. The average molecular weight is 551 g/mol. The van der Waals surface area contributed by atoms with E-state index in [1.54, 1.807) is 13.8 Å². The van der Waals surface area contributed by atoms with Crippen molar-refractivity contribution in [2.45, 2.75) is 76.9 Å². The lowest BCUT2D eigenvalue weighted by Crippen LogP contribution is -2.47. The third-order valence-electron chi connectivity index (χ3n) is 5.26. The summed E-state index contributed by atoms with van der Waals surface area (Å²) in [6.07, 6.45) is -4.15. The number of nitrogens with two attached hydrogens (primary N) is 1. The van der Waals surface area contributed by atoms with Gasteiger partial charge in [-0.3, -0.25) is 9.36 Å². The van der Waals surface area contributed by atoms with Crippen LogP contribution >= 0.6 is 19.8 Å². The van der Waals surface area contributed by atoms with Gasteiger partial charge in [-0.15, -0.1) is 16.1 Å². The number of fused-ring (bicyclic) bond motifs is 1. The van der Waals surface area contributed by atoms with Crippen molar-refractivity contribution in [2.75, 3.05) is 23.5 Å². The number of esters is 1. The molecule has 0 saturated carbocycles. The summed E-state index contributed by atoms with van der Waals surface area (Å²) >= 11 is 6.07. The summed E-state index contributed by atoms with van der Waals surface area (Å²) in [5, 5.41) is 16.3. The Hall–Kier alpha value is -2.22. The van der Waals surface area contributed by atoms with Gasteiger partial charge in [-0.25, -0.2) is 9.37 Å². The van der Waals surface area contributed by atoms with Crippen LogP contribution in [0.3, 0.4) is 0 Å². The lowest BCUT2D eigenvalue weighted by Gasteiger charge is -2.26. The molecule has 1 unspecified atom stereocenters. The van der Waals surface area contributed by atoms with E-state index in [0.717, 1.165) is 0 Å². The maximum Gasteiger partial charge on any atom is 0.613 e. The van der Waals surface area contributed by atoms with Crippen LogP contribution in [0, 0.1) is 0 Å². The first-order valence-electron chi connectivity index (χ1n) is 11.3. The number of aromatic nitrogens is 4. The normalized spacial score (nSPS) is 25.5. The van der Waals surface area contributed by atoms with E-state index in [4.69, 9.17) is 31.3 Å². The first-order chi connectivity index (χ1) is 16.9. The predicted molar refractivity (Wildman–Crippen MR) is 130 cm³/mol. The minimum absolute atomic E-state index is 0.0118. The van der Waals surface area contributed by atoms with E-state index >= 15 is 4.39 Å². The largest absolute Gasteiger partial charge is 0.613 e. The summed E-state index contributed by atoms with van der Waals surface area (Å²) in [4.78, 5) is 24.5. The molecule has 5 N–H and O–H groups in total. The van der Waals surface area contributed by atoms with E-state index in [9.17, 15) is 14.5 Å². The van der Waals surface area contributed by atoms with Crippen molar-refractivity contribution in [3.05, 3.63) is 6.33 Å². The Morgan fingerprint density at radius 2 is 2.08 bits per heavy atom. The Balaban J connectivity index is 1.78. The van der Waals surface area contributed by atoms with Crippen molar-refractivity contribution in [3.63, 3.8) is 0 Å². The summed E-state index contributed by atoms with van der Waals surface area (Å²) in [6.45, 7) is 8.08. The van der Waals surface area contributed by atoms with E-state index < -0.39 is 50.9 Å².